The predicted molar refractivity (Wildman–Crippen MR) is 98.4 cm³/mol. The molecule has 0 aliphatic carbocycles. The van der Waals surface area contributed by atoms with E-state index < -0.39 is 72.4 Å². The Bertz CT molecular complexity index is 779. The highest BCUT2D eigenvalue weighted by atomic mass is 16.6. The molecule has 4 aliphatic rings. The van der Waals surface area contributed by atoms with Crippen molar-refractivity contribution in [3.8, 4) is 0 Å². The molecule has 9 N–H and O–H groups in total. The van der Waals surface area contributed by atoms with Crippen LogP contribution in [0.3, 0.4) is 0 Å². The van der Waals surface area contributed by atoms with E-state index in [1.165, 1.54) is 6.34 Å². The number of ether oxygens (including phenoxy) is 2. The van der Waals surface area contributed by atoms with E-state index in [9.17, 15) is 30.3 Å². The quantitative estimate of drug-likeness (QED) is 0.197. The average molecular weight is 430 g/mol. The molecular formula is C17H28N5O8+. The van der Waals surface area contributed by atoms with Gasteiger partial charge in [-0.1, -0.05) is 6.92 Å². The summed E-state index contributed by atoms with van der Waals surface area (Å²) in [5.41, 5.74) is 6.25. The van der Waals surface area contributed by atoms with Crippen LogP contribution in [-0.2, 0) is 14.3 Å². The highest BCUT2D eigenvalue weighted by Crippen LogP contribution is 2.43. The van der Waals surface area contributed by atoms with Crippen molar-refractivity contribution in [3.63, 3.8) is 0 Å². The summed E-state index contributed by atoms with van der Waals surface area (Å²) in [5, 5.41) is 56.1. The number of aliphatic hydroxyl groups excluding tert-OH is 5. The van der Waals surface area contributed by atoms with Gasteiger partial charge in [0.1, 0.15) is 18.3 Å². The van der Waals surface area contributed by atoms with Gasteiger partial charge in [0.15, 0.2) is 11.9 Å². The van der Waals surface area contributed by atoms with Crippen molar-refractivity contribution in [2.24, 2.45) is 10.7 Å². The number of quaternary nitrogens is 1. The maximum atomic E-state index is 12.7. The Morgan fingerprint density at radius 1 is 1.20 bits per heavy atom. The van der Waals surface area contributed by atoms with E-state index in [0.717, 1.165) is 0 Å². The maximum absolute atomic E-state index is 12.7. The zero-order valence-electron chi connectivity index (χ0n) is 16.4. The first-order valence-electron chi connectivity index (χ1n) is 9.85. The molecule has 2 unspecified atom stereocenters. The molecule has 0 aromatic rings. The molecule has 9 atom stereocenters. The fourth-order valence-corrected chi connectivity index (χ4v) is 4.41. The Morgan fingerprint density at radius 2 is 1.90 bits per heavy atom. The lowest BCUT2D eigenvalue weighted by molar-refractivity contribution is -0.900. The summed E-state index contributed by atoms with van der Waals surface area (Å²) in [7, 11) is 0. The highest BCUT2D eigenvalue weighted by Gasteiger charge is 2.65. The number of nitrogens with zero attached hydrogens (tertiary/aromatic N) is 2. The van der Waals surface area contributed by atoms with E-state index in [-0.39, 0.29) is 17.9 Å². The molecule has 4 heterocycles. The number of amides is 1. The molecule has 0 spiro atoms. The fourth-order valence-electron chi connectivity index (χ4n) is 4.41. The van der Waals surface area contributed by atoms with Crippen LogP contribution in [0.2, 0.25) is 0 Å². The number of hydrogen-bond donors (Lipinski definition) is 8. The van der Waals surface area contributed by atoms with Gasteiger partial charge in [-0.05, 0) is 0 Å². The predicted octanol–water partition coefficient (Wildman–Crippen LogP) is -4.34. The number of nitrogens with one attached hydrogen (secondary N) is 2. The van der Waals surface area contributed by atoms with Crippen LogP contribution in [0.15, 0.2) is 16.5 Å². The topological polar surface area (TPSA) is 199 Å². The lowest BCUT2D eigenvalue weighted by Crippen LogP contribution is -2.73. The average Bonchev–Trinajstić information content (AvgIpc) is 3.37. The first-order chi connectivity index (χ1) is 14.2. The number of carbonyl (C=O) groups excluding carboxylic acids is 1. The molecule has 0 radical (unpaired) electrons. The molecule has 168 valence electrons. The third-order valence-electron chi connectivity index (χ3n) is 6.24. The second kappa shape index (κ2) is 7.47. The normalized spacial score (nSPS) is 48.1. The van der Waals surface area contributed by atoms with Gasteiger partial charge in [0.2, 0.25) is 30.3 Å². The van der Waals surface area contributed by atoms with Gasteiger partial charge < -0.3 is 45.6 Å². The Kier molecular flexibility index (Phi) is 5.37. The lowest BCUT2D eigenvalue weighted by Gasteiger charge is -2.45. The van der Waals surface area contributed by atoms with Crippen molar-refractivity contribution < 1.29 is 44.3 Å². The van der Waals surface area contributed by atoms with Gasteiger partial charge >= 0.3 is 0 Å². The van der Waals surface area contributed by atoms with Gasteiger partial charge in [-0.3, -0.25) is 10.5 Å². The second-order valence-electron chi connectivity index (χ2n) is 8.02. The molecule has 2 fully saturated rings. The van der Waals surface area contributed by atoms with Gasteiger partial charge in [0.25, 0.3) is 5.91 Å². The Morgan fingerprint density at radius 3 is 2.47 bits per heavy atom. The minimum Gasteiger partial charge on any atom is -0.394 e. The van der Waals surface area contributed by atoms with Gasteiger partial charge in [-0.2, -0.15) is 9.48 Å². The van der Waals surface area contributed by atoms with E-state index in [0.29, 0.717) is 6.42 Å². The van der Waals surface area contributed by atoms with Crippen molar-refractivity contribution in [1.29, 1.82) is 0 Å². The van der Waals surface area contributed by atoms with Crippen molar-refractivity contribution in [3.05, 3.63) is 11.5 Å². The molecule has 13 nitrogen and oxygen atoms in total. The van der Waals surface area contributed by atoms with Crippen LogP contribution in [0.1, 0.15) is 19.8 Å². The zero-order chi connectivity index (χ0) is 21.8. The van der Waals surface area contributed by atoms with Crippen molar-refractivity contribution in [2.75, 3.05) is 13.2 Å². The van der Waals surface area contributed by atoms with Crippen LogP contribution in [0, 0.1) is 0 Å². The number of rotatable bonds is 5. The van der Waals surface area contributed by atoms with Crippen LogP contribution in [0.4, 0.5) is 0 Å². The smallest absolute Gasteiger partial charge is 0.280 e. The number of hydrogen-bond acceptors (Lipinski definition) is 11. The van der Waals surface area contributed by atoms with Crippen LogP contribution in [-0.4, -0.2) is 104 Å². The molecule has 4 rings (SSSR count). The molecule has 0 saturated carbocycles. The molecule has 0 aromatic heterocycles. The van der Waals surface area contributed by atoms with Gasteiger partial charge in [0.05, 0.1) is 25.7 Å². The van der Waals surface area contributed by atoms with Gasteiger partial charge in [-0.25, -0.2) is 0 Å². The molecule has 1 amide bonds. The minimum atomic E-state index is -1.48. The molecule has 13 heteroatoms. The fraction of sp³-hybridized carbons (Fsp3) is 0.765. The van der Waals surface area contributed by atoms with Crippen molar-refractivity contribution >= 4 is 12.2 Å². The summed E-state index contributed by atoms with van der Waals surface area (Å²) >= 11 is 0. The van der Waals surface area contributed by atoms with Crippen molar-refractivity contribution in [1.82, 2.24) is 10.6 Å². The van der Waals surface area contributed by atoms with Gasteiger partial charge in [0, 0.05) is 6.42 Å². The number of carbonyl (C=O) groups is 1. The van der Waals surface area contributed by atoms with Crippen LogP contribution < -0.4 is 16.4 Å². The first kappa shape index (κ1) is 21.5. The van der Waals surface area contributed by atoms with E-state index >= 15 is 0 Å². The third kappa shape index (κ3) is 2.97. The monoisotopic (exact) mass is 430 g/mol. The summed E-state index contributed by atoms with van der Waals surface area (Å²) in [6.07, 6.45) is -6.39. The Labute approximate surface area is 172 Å². The van der Waals surface area contributed by atoms with Gasteiger partial charge in [-0.15, -0.1) is 0 Å². The Balaban J connectivity index is 1.82. The largest absolute Gasteiger partial charge is 0.394 e. The molecule has 4 aliphatic heterocycles. The minimum absolute atomic E-state index is 0.00667. The van der Waals surface area contributed by atoms with Crippen molar-refractivity contribution in [2.45, 2.75) is 68.5 Å². The molecule has 0 bridgehead atoms. The first-order valence-corrected chi connectivity index (χ1v) is 9.85. The summed E-state index contributed by atoms with van der Waals surface area (Å²) in [6, 6.07) is 0. The van der Waals surface area contributed by atoms with E-state index in [2.05, 4.69) is 15.6 Å². The molecule has 30 heavy (non-hydrogen) atoms. The molecular weight excluding hydrogens is 402 g/mol. The standard InChI is InChI=1S/C17H27N5O8/c1-2-17(18)20-14-11(15(28)21-17)19-6-22(14,10-3-7(25)8(4-23)29-10)16-13(27)12(26)9(5-24)30-16/h6-10,12-13,16,23-27H,2-5,18H2,1H3,(H-,20,21,28)/p+1/t7-,8+,9+,10-,12+,13+,16+,17?,22?/m0/s1. The number of nitrogens with two attached hydrogens (primary N) is 1. The van der Waals surface area contributed by atoms with Crippen LogP contribution >= 0.6 is 0 Å². The van der Waals surface area contributed by atoms with E-state index in [4.69, 9.17) is 15.2 Å². The Hall–Kier alpha value is -1.68. The maximum Gasteiger partial charge on any atom is 0.280 e. The SMILES string of the molecule is CCC1(N)NC(=O)C2=C(N1)[N+]([C@@H]1C[C@H](O)[C@@H](CO)O1)([C@@H]1O[C@H](CO)[C@@H](O)[C@H]1O)C=N2. The summed E-state index contributed by atoms with van der Waals surface area (Å²) in [6.45, 7) is 0.767. The summed E-state index contributed by atoms with van der Waals surface area (Å²) < 4.78 is 11.1. The van der Waals surface area contributed by atoms with Crippen LogP contribution in [0.5, 0.6) is 0 Å². The van der Waals surface area contributed by atoms with E-state index in [1.807, 2.05) is 0 Å². The van der Waals surface area contributed by atoms with E-state index in [1.54, 1.807) is 6.92 Å². The highest BCUT2D eigenvalue weighted by molar-refractivity contribution is 5.97. The molecule has 0 aromatic carbocycles. The summed E-state index contributed by atoms with van der Waals surface area (Å²) in [4.78, 5) is 16.9. The third-order valence-corrected chi connectivity index (χ3v) is 6.24. The number of aliphatic imine (C=N–C) groups is 1. The van der Waals surface area contributed by atoms with Crippen LogP contribution in [0.25, 0.3) is 0 Å². The molecule has 2 saturated heterocycles. The lowest BCUT2D eigenvalue weighted by atomic mass is 10.1. The zero-order valence-corrected chi connectivity index (χ0v) is 16.4. The number of aliphatic hydroxyl groups is 5. The second-order valence-corrected chi connectivity index (χ2v) is 8.02. The summed E-state index contributed by atoms with van der Waals surface area (Å²) in [5.74, 6) is -1.69.